The molecule has 2 saturated heterocycles. The molecule has 2 fully saturated rings. The number of rotatable bonds is 18. The molecule has 6 aromatic heterocycles. The number of thiophene rings is 2. The minimum Gasteiger partial charge on any atom is -0.491 e. The van der Waals surface area contributed by atoms with Crippen LogP contribution in [0.1, 0.15) is 92.0 Å². The zero-order chi connectivity index (χ0) is 64.9. The molecular formula is C64H62Cl2F6N8O10S2. The smallest absolute Gasteiger partial charge is 0.391 e. The third-order valence-corrected chi connectivity index (χ3v) is 19.7. The van der Waals surface area contributed by atoms with Gasteiger partial charge < -0.3 is 28.8 Å². The lowest BCUT2D eigenvalue weighted by Gasteiger charge is -2.40. The molecule has 12 rings (SSSR count). The summed E-state index contributed by atoms with van der Waals surface area (Å²) in [5, 5.41) is 13.9. The van der Waals surface area contributed by atoms with Crippen LogP contribution in [0.3, 0.4) is 0 Å². The van der Waals surface area contributed by atoms with Crippen molar-refractivity contribution in [3.63, 3.8) is 0 Å². The first-order valence-electron chi connectivity index (χ1n) is 30.0. The highest BCUT2D eigenvalue weighted by atomic mass is 35.5. The number of morpholine rings is 2. The molecule has 0 amide bonds. The monoisotopic (exact) mass is 1350 g/mol. The molecule has 0 spiro atoms. The second-order valence-corrected chi connectivity index (χ2v) is 26.1. The Labute approximate surface area is 540 Å². The van der Waals surface area contributed by atoms with E-state index >= 15 is 0 Å². The van der Waals surface area contributed by atoms with E-state index in [1.54, 1.807) is 67.1 Å². The summed E-state index contributed by atoms with van der Waals surface area (Å²) in [5.41, 5.74) is 5.76. The molecule has 486 valence electrons. The number of carboxylic acid groups (broad SMARTS) is 1. The maximum absolute atomic E-state index is 14.9. The number of aryl methyl sites for hydroxylation is 5. The van der Waals surface area contributed by atoms with Gasteiger partial charge in [-0.15, -0.1) is 22.7 Å². The number of nitrogens with zero attached hydrogens (tertiary/aromatic N) is 8. The Kier molecular flexibility index (Phi) is 18.9. The van der Waals surface area contributed by atoms with Crippen LogP contribution in [0.15, 0.2) is 68.9 Å². The van der Waals surface area contributed by atoms with E-state index < -0.39 is 61.5 Å². The molecule has 0 unspecified atom stereocenters. The number of pyridine rings is 2. The van der Waals surface area contributed by atoms with Crippen molar-refractivity contribution in [2.75, 3.05) is 52.6 Å². The number of ether oxygens (including phenoxy) is 5. The Balaban J connectivity index is 0.785. The fourth-order valence-electron chi connectivity index (χ4n) is 13.0. The molecule has 0 bridgehead atoms. The zero-order valence-electron chi connectivity index (χ0n) is 50.1. The summed E-state index contributed by atoms with van der Waals surface area (Å²) in [6, 6.07) is 13.4. The van der Waals surface area contributed by atoms with E-state index in [0.717, 1.165) is 0 Å². The van der Waals surface area contributed by atoms with Gasteiger partial charge in [-0.25, -0.2) is 19.6 Å². The van der Waals surface area contributed by atoms with Crippen molar-refractivity contribution in [3.8, 4) is 33.8 Å². The number of esters is 1. The van der Waals surface area contributed by atoms with Crippen molar-refractivity contribution in [1.82, 2.24) is 38.9 Å². The molecule has 18 nitrogen and oxygen atoms in total. The normalized spacial score (nSPS) is 19.1. The van der Waals surface area contributed by atoms with Crippen LogP contribution in [0.2, 0.25) is 10.0 Å². The first-order chi connectivity index (χ1) is 43.9. The van der Waals surface area contributed by atoms with Gasteiger partial charge in [-0.2, -0.15) is 26.3 Å². The van der Waals surface area contributed by atoms with E-state index in [0.29, 0.717) is 149 Å². The van der Waals surface area contributed by atoms with Gasteiger partial charge in [0, 0.05) is 104 Å². The maximum Gasteiger partial charge on any atom is 0.391 e. The number of fused-ring (bicyclic) bond motifs is 4. The van der Waals surface area contributed by atoms with Crippen molar-refractivity contribution >= 4 is 78.2 Å². The number of carbonyl (C=O) groups excluding carboxylic acids is 1. The Morgan fingerprint density at radius 1 is 0.652 bits per heavy atom. The van der Waals surface area contributed by atoms with Crippen LogP contribution < -0.4 is 20.6 Å². The Hall–Kier alpha value is -7.04. The molecule has 8 heterocycles. The fourth-order valence-corrected chi connectivity index (χ4v) is 15.4. The average molecular weight is 1350 g/mol. The summed E-state index contributed by atoms with van der Waals surface area (Å²) >= 11 is 15.7. The summed E-state index contributed by atoms with van der Waals surface area (Å²) in [4.78, 5) is 78.8. The molecule has 2 aliphatic heterocycles. The van der Waals surface area contributed by atoms with Crippen LogP contribution in [0, 0.1) is 20.8 Å². The van der Waals surface area contributed by atoms with Gasteiger partial charge in [0.1, 0.15) is 43.0 Å². The number of hydrogen-bond acceptors (Lipinski definition) is 17. The minimum absolute atomic E-state index is 0.0361. The van der Waals surface area contributed by atoms with E-state index in [2.05, 4.69) is 4.98 Å². The van der Waals surface area contributed by atoms with E-state index in [9.17, 15) is 50.6 Å². The molecule has 4 atom stereocenters. The van der Waals surface area contributed by atoms with Gasteiger partial charge >= 0.3 is 24.3 Å². The van der Waals surface area contributed by atoms with Gasteiger partial charge in [0.05, 0.1) is 94.3 Å². The number of carbonyl (C=O) groups is 2. The number of carboxylic acids is 1. The standard InChI is InChI=1S/C64H62Cl2F6N8O10S2/c1-33-20-44(57-55(73-33)48(31-91-57)61(83)84)42-22-36(65)5-11-53(42)89-19-15-80-54(76-51-9-7-39(25-47(51)60(80)82)78-13-17-87-41(29-78)27-64(70,71)72)30-90-62(85)49-32-92-58-45(21-34(2)74-56(49)58)43-23-37(66)4-10-52(43)88-18-14-79-35(3)75-50-8-6-38(24-46(50)59(79)81)77-12-16-86-40(28-77)26-63(67,68)69/h4-5,10-11,20-23,31-32,38-41H,6-9,12-19,24-30H2,1-3H3,(H,83,84)/t38-,39+,40-,41-/m0/s1. The topological polar surface area (TPSA) is 203 Å². The van der Waals surface area contributed by atoms with E-state index in [-0.39, 0.29) is 93.6 Å². The van der Waals surface area contributed by atoms with Crippen LogP contribution in [-0.4, -0.2) is 145 Å². The third-order valence-electron chi connectivity index (χ3n) is 17.3. The summed E-state index contributed by atoms with van der Waals surface area (Å²) in [6.07, 6.45) is -10.4. The van der Waals surface area contributed by atoms with E-state index in [4.69, 9.17) is 61.8 Å². The first-order valence-corrected chi connectivity index (χ1v) is 32.5. The highest BCUT2D eigenvalue weighted by Gasteiger charge is 2.40. The average Bonchev–Trinajstić information content (AvgIpc) is 1.88. The lowest BCUT2D eigenvalue weighted by molar-refractivity contribution is -0.173. The molecule has 92 heavy (non-hydrogen) atoms. The van der Waals surface area contributed by atoms with Crippen molar-refractivity contribution < 1.29 is 64.7 Å². The molecule has 0 saturated carbocycles. The van der Waals surface area contributed by atoms with Crippen LogP contribution >= 0.6 is 45.9 Å². The van der Waals surface area contributed by atoms with Crippen molar-refractivity contribution in [3.05, 3.63) is 147 Å². The third kappa shape index (κ3) is 14.2. The summed E-state index contributed by atoms with van der Waals surface area (Å²) < 4.78 is 114. The second-order valence-electron chi connectivity index (χ2n) is 23.5. The van der Waals surface area contributed by atoms with Crippen molar-refractivity contribution in [2.45, 2.75) is 128 Å². The lowest BCUT2D eigenvalue weighted by Crippen LogP contribution is -2.51. The quantitative estimate of drug-likeness (QED) is 0.0627. The lowest BCUT2D eigenvalue weighted by atomic mass is 9.90. The van der Waals surface area contributed by atoms with Crippen LogP contribution in [0.25, 0.3) is 42.7 Å². The van der Waals surface area contributed by atoms with Gasteiger partial charge in [-0.1, -0.05) is 23.2 Å². The summed E-state index contributed by atoms with van der Waals surface area (Å²) in [7, 11) is 0. The molecule has 8 aromatic rings. The highest BCUT2D eigenvalue weighted by molar-refractivity contribution is 7.18. The molecular weight excluding hydrogens is 1290 g/mol. The highest BCUT2D eigenvalue weighted by Crippen LogP contribution is 2.43. The van der Waals surface area contributed by atoms with Crippen LogP contribution in [0.4, 0.5) is 26.3 Å². The predicted octanol–water partition coefficient (Wildman–Crippen LogP) is 11.8. The number of halogens is 8. The minimum atomic E-state index is -4.42. The van der Waals surface area contributed by atoms with Gasteiger partial charge in [0.2, 0.25) is 0 Å². The second kappa shape index (κ2) is 26.8. The summed E-state index contributed by atoms with van der Waals surface area (Å²) in [6.45, 7) is 6.06. The van der Waals surface area contributed by atoms with E-state index in [1.165, 1.54) is 32.6 Å². The molecule has 2 aromatic carbocycles. The van der Waals surface area contributed by atoms with Gasteiger partial charge in [0.25, 0.3) is 11.1 Å². The van der Waals surface area contributed by atoms with Gasteiger partial charge in [0.15, 0.2) is 0 Å². The molecule has 2 aliphatic carbocycles. The number of benzene rings is 2. The summed E-state index contributed by atoms with van der Waals surface area (Å²) in [5.74, 6) is -0.477. The largest absolute Gasteiger partial charge is 0.491 e. The van der Waals surface area contributed by atoms with E-state index in [1.807, 2.05) is 21.9 Å². The molecule has 0 radical (unpaired) electrons. The molecule has 28 heteroatoms. The number of hydrogen-bond donors (Lipinski definition) is 1. The molecule has 1 N–H and O–H groups in total. The zero-order valence-corrected chi connectivity index (χ0v) is 53.2. The molecule has 4 aliphatic rings. The van der Waals surface area contributed by atoms with Crippen LogP contribution in [0.5, 0.6) is 11.5 Å². The predicted molar refractivity (Wildman–Crippen MR) is 334 cm³/mol. The fraction of sp³-hybridized carbons (Fsp3) is 0.438. The van der Waals surface area contributed by atoms with Crippen LogP contribution in [-0.2, 0) is 59.6 Å². The number of aromatic carboxylic acids is 1. The Morgan fingerprint density at radius 2 is 1.13 bits per heavy atom. The Bertz CT molecular complexity index is 4290. The SMILES string of the molecule is Cc1cc(-c2cc(Cl)ccc2OCCn2c(COC(=O)c3csc4c(-c5cc(Cl)ccc5OCCn5c(C)nc6c(c5=O)C[C@@H](N5CCO[C@@H](CC(F)(F)F)C5)CC6)cc(C)nc34)nc3c(c2=O)C[C@H](N2CCO[C@@H](CC(F)(F)F)C2)CC3)c2scc(C(=O)O)c2n1. The number of aromatic nitrogens is 6. The van der Waals surface area contributed by atoms with Gasteiger partial charge in [-0.05, 0) is 108 Å². The van der Waals surface area contributed by atoms with Crippen molar-refractivity contribution in [1.29, 1.82) is 0 Å². The van der Waals surface area contributed by atoms with Gasteiger partial charge in [-0.3, -0.25) is 38.5 Å². The Morgan fingerprint density at radius 3 is 1.64 bits per heavy atom. The first kappa shape index (κ1) is 65.0. The van der Waals surface area contributed by atoms with Crippen molar-refractivity contribution in [2.24, 2.45) is 0 Å². The maximum atomic E-state index is 14.9. The number of alkyl halides is 6.